The summed E-state index contributed by atoms with van der Waals surface area (Å²) in [5.41, 5.74) is 0.886. The zero-order chi connectivity index (χ0) is 16.8. The van der Waals surface area contributed by atoms with Gasteiger partial charge in [0.2, 0.25) is 0 Å². The fourth-order valence-corrected chi connectivity index (χ4v) is 2.79. The van der Waals surface area contributed by atoms with Crippen LogP contribution in [0.4, 0.5) is 0 Å². The summed E-state index contributed by atoms with van der Waals surface area (Å²) >= 11 is 1.48. The number of thiazole rings is 1. The molecule has 124 valence electrons. The molecular weight excluding hydrogens is 328 g/mol. The average molecular weight is 344 g/mol. The van der Waals surface area contributed by atoms with Crippen LogP contribution in [0.5, 0.6) is 5.95 Å². The lowest BCUT2D eigenvalue weighted by molar-refractivity contribution is 0.0918. The minimum Gasteiger partial charge on any atom is -0.465 e. The number of carbonyl (C=O) groups is 1. The Bertz CT molecular complexity index is 801. The summed E-state index contributed by atoms with van der Waals surface area (Å²) in [4.78, 5) is 24.8. The van der Waals surface area contributed by atoms with Crippen molar-refractivity contribution in [3.63, 3.8) is 0 Å². The van der Waals surface area contributed by atoms with Crippen LogP contribution in [-0.2, 0) is 6.42 Å². The molecule has 0 saturated heterocycles. The maximum absolute atomic E-state index is 12.0. The maximum Gasteiger partial charge on any atom is 0.287 e. The fraction of sp³-hybridized carbons (Fsp3) is 0.250. The third-order valence-electron chi connectivity index (χ3n) is 3.07. The van der Waals surface area contributed by atoms with Crippen LogP contribution in [0.1, 0.15) is 23.2 Å². The van der Waals surface area contributed by atoms with Crippen molar-refractivity contribution in [2.45, 2.75) is 13.3 Å². The molecule has 0 saturated carbocycles. The first kappa shape index (κ1) is 16.1. The van der Waals surface area contributed by atoms with Crippen LogP contribution in [0.2, 0.25) is 0 Å². The number of hydrogen-bond acceptors (Lipinski definition) is 7. The van der Waals surface area contributed by atoms with E-state index in [4.69, 9.17) is 9.15 Å². The average Bonchev–Trinajstić information content (AvgIpc) is 3.26. The molecule has 0 bridgehead atoms. The Kier molecular flexibility index (Phi) is 5.17. The molecule has 1 N–H and O–H groups in total. The van der Waals surface area contributed by atoms with Gasteiger partial charge in [-0.3, -0.25) is 4.79 Å². The molecule has 0 unspecified atom stereocenters. The van der Waals surface area contributed by atoms with Crippen LogP contribution in [0.3, 0.4) is 0 Å². The second-order valence-corrected chi connectivity index (χ2v) is 5.63. The molecular formula is C16H16N4O3S. The zero-order valence-electron chi connectivity index (χ0n) is 13.1. The van der Waals surface area contributed by atoms with Gasteiger partial charge in [-0.25, -0.2) is 15.0 Å². The van der Waals surface area contributed by atoms with E-state index in [1.807, 2.05) is 12.3 Å². The monoisotopic (exact) mass is 344 g/mol. The second-order valence-electron chi connectivity index (χ2n) is 4.77. The predicted molar refractivity (Wildman–Crippen MR) is 89.1 cm³/mol. The molecule has 8 heteroatoms. The minimum atomic E-state index is -0.275. The van der Waals surface area contributed by atoms with Crippen molar-refractivity contribution in [2.75, 3.05) is 13.2 Å². The summed E-state index contributed by atoms with van der Waals surface area (Å²) in [6, 6.07) is 4.98. The SMILES string of the molecule is CCOc1ccc(C(=O)NCCc2csc(-c3ncccn3)n2)o1. The second kappa shape index (κ2) is 7.69. The highest BCUT2D eigenvalue weighted by atomic mass is 32.1. The van der Waals surface area contributed by atoms with Crippen molar-refractivity contribution in [2.24, 2.45) is 0 Å². The Morgan fingerprint density at radius 3 is 2.96 bits per heavy atom. The van der Waals surface area contributed by atoms with Crippen molar-refractivity contribution in [1.82, 2.24) is 20.3 Å². The number of aromatic nitrogens is 3. The van der Waals surface area contributed by atoms with Crippen LogP contribution >= 0.6 is 11.3 Å². The summed E-state index contributed by atoms with van der Waals surface area (Å²) in [6.07, 6.45) is 3.99. The molecule has 3 heterocycles. The Morgan fingerprint density at radius 2 is 2.17 bits per heavy atom. The minimum absolute atomic E-state index is 0.232. The fourth-order valence-electron chi connectivity index (χ4n) is 1.99. The maximum atomic E-state index is 12.0. The number of nitrogens with zero attached hydrogens (tertiary/aromatic N) is 3. The van der Waals surface area contributed by atoms with Gasteiger partial charge in [0.05, 0.1) is 12.3 Å². The summed E-state index contributed by atoms with van der Waals surface area (Å²) in [7, 11) is 0. The van der Waals surface area contributed by atoms with Gasteiger partial charge in [0.15, 0.2) is 16.6 Å². The van der Waals surface area contributed by atoms with Gasteiger partial charge in [0, 0.05) is 36.8 Å². The normalized spacial score (nSPS) is 10.5. The summed E-state index contributed by atoms with van der Waals surface area (Å²) < 4.78 is 10.5. The topological polar surface area (TPSA) is 90.1 Å². The van der Waals surface area contributed by atoms with Gasteiger partial charge in [-0.1, -0.05) is 0 Å². The third-order valence-corrected chi connectivity index (χ3v) is 3.95. The Balaban J connectivity index is 1.51. The van der Waals surface area contributed by atoms with Crippen molar-refractivity contribution >= 4 is 17.2 Å². The molecule has 0 spiro atoms. The van der Waals surface area contributed by atoms with E-state index in [1.54, 1.807) is 30.6 Å². The van der Waals surface area contributed by atoms with Crippen molar-refractivity contribution < 1.29 is 13.9 Å². The molecule has 0 fully saturated rings. The van der Waals surface area contributed by atoms with Crippen molar-refractivity contribution in [1.29, 1.82) is 0 Å². The first-order valence-corrected chi connectivity index (χ1v) is 8.37. The summed E-state index contributed by atoms with van der Waals surface area (Å²) in [5, 5.41) is 5.51. The lowest BCUT2D eigenvalue weighted by Crippen LogP contribution is -2.25. The van der Waals surface area contributed by atoms with Crippen LogP contribution < -0.4 is 10.1 Å². The van der Waals surface area contributed by atoms with Crippen molar-refractivity contribution in [3.05, 3.63) is 47.4 Å². The molecule has 3 aromatic rings. The summed E-state index contributed by atoms with van der Waals surface area (Å²) in [5.74, 6) is 0.907. The zero-order valence-corrected chi connectivity index (χ0v) is 13.9. The van der Waals surface area contributed by atoms with E-state index in [0.717, 1.165) is 10.7 Å². The van der Waals surface area contributed by atoms with Crippen LogP contribution in [0.25, 0.3) is 10.8 Å². The highest BCUT2D eigenvalue weighted by molar-refractivity contribution is 7.13. The van der Waals surface area contributed by atoms with E-state index in [0.29, 0.717) is 31.3 Å². The first-order chi connectivity index (χ1) is 11.8. The lowest BCUT2D eigenvalue weighted by atomic mass is 10.3. The Labute approximate surface area is 142 Å². The highest BCUT2D eigenvalue weighted by Gasteiger charge is 2.12. The van der Waals surface area contributed by atoms with Gasteiger partial charge < -0.3 is 14.5 Å². The molecule has 0 atom stereocenters. The molecule has 1 amide bonds. The molecule has 0 aliphatic rings. The molecule has 3 rings (SSSR count). The van der Waals surface area contributed by atoms with E-state index in [-0.39, 0.29) is 11.7 Å². The van der Waals surface area contributed by atoms with Gasteiger partial charge in [-0.05, 0) is 19.1 Å². The van der Waals surface area contributed by atoms with Gasteiger partial charge in [-0.15, -0.1) is 11.3 Å². The van der Waals surface area contributed by atoms with Gasteiger partial charge >= 0.3 is 0 Å². The molecule has 0 radical (unpaired) electrons. The van der Waals surface area contributed by atoms with Gasteiger partial charge in [-0.2, -0.15) is 0 Å². The predicted octanol–water partition coefficient (Wildman–Crippen LogP) is 2.56. The van der Waals surface area contributed by atoms with Gasteiger partial charge in [0.1, 0.15) is 0 Å². The third kappa shape index (κ3) is 3.96. The Morgan fingerprint density at radius 1 is 1.33 bits per heavy atom. The number of furan rings is 1. The van der Waals surface area contributed by atoms with E-state index >= 15 is 0 Å². The lowest BCUT2D eigenvalue weighted by Gasteiger charge is -2.01. The van der Waals surface area contributed by atoms with E-state index < -0.39 is 0 Å². The standard InChI is InChI=1S/C16H16N4O3S/c1-2-22-13-5-4-12(23-13)15(21)19-9-6-11-10-24-16(20-11)14-17-7-3-8-18-14/h3-5,7-8,10H,2,6,9H2,1H3,(H,19,21). The molecule has 0 aromatic carbocycles. The quantitative estimate of drug-likeness (QED) is 0.708. The number of ether oxygens (including phenoxy) is 1. The number of nitrogens with one attached hydrogen (secondary N) is 1. The van der Waals surface area contributed by atoms with Crippen LogP contribution in [0.15, 0.2) is 40.4 Å². The van der Waals surface area contributed by atoms with E-state index in [9.17, 15) is 4.79 Å². The molecule has 0 aliphatic heterocycles. The van der Waals surface area contributed by atoms with Gasteiger partial charge in [0.25, 0.3) is 11.9 Å². The molecule has 24 heavy (non-hydrogen) atoms. The number of carbonyl (C=O) groups excluding carboxylic acids is 1. The summed E-state index contributed by atoms with van der Waals surface area (Å²) in [6.45, 7) is 2.80. The smallest absolute Gasteiger partial charge is 0.287 e. The van der Waals surface area contributed by atoms with E-state index in [1.165, 1.54) is 11.3 Å². The number of rotatable bonds is 7. The first-order valence-electron chi connectivity index (χ1n) is 7.49. The largest absolute Gasteiger partial charge is 0.465 e. The van der Waals surface area contributed by atoms with E-state index in [2.05, 4.69) is 20.3 Å². The van der Waals surface area contributed by atoms with Crippen LogP contribution in [-0.4, -0.2) is 34.0 Å². The molecule has 7 nitrogen and oxygen atoms in total. The highest BCUT2D eigenvalue weighted by Crippen LogP contribution is 2.19. The number of hydrogen-bond donors (Lipinski definition) is 1. The number of amides is 1. The van der Waals surface area contributed by atoms with Crippen LogP contribution in [0, 0.1) is 0 Å². The Hall–Kier alpha value is -2.74. The molecule has 0 aliphatic carbocycles. The van der Waals surface area contributed by atoms with Crippen molar-refractivity contribution in [3.8, 4) is 16.8 Å². The molecule has 3 aromatic heterocycles.